The predicted octanol–water partition coefficient (Wildman–Crippen LogP) is 4.02. The van der Waals surface area contributed by atoms with Gasteiger partial charge in [0, 0.05) is 34.5 Å². The largest absolute Gasteiger partial charge is 0.351 e. The van der Waals surface area contributed by atoms with Crippen molar-refractivity contribution in [3.63, 3.8) is 0 Å². The molecule has 0 bridgehead atoms. The van der Waals surface area contributed by atoms with Gasteiger partial charge in [0.25, 0.3) is 0 Å². The van der Waals surface area contributed by atoms with Crippen LogP contribution >= 0.6 is 22.7 Å². The summed E-state index contributed by atoms with van der Waals surface area (Å²) in [5, 5.41) is 6.63. The lowest BCUT2D eigenvalue weighted by Crippen LogP contribution is -2.32. The van der Waals surface area contributed by atoms with Gasteiger partial charge in [-0.05, 0) is 42.6 Å². The van der Waals surface area contributed by atoms with Crippen LogP contribution in [-0.2, 0) is 16.1 Å². The second-order valence-corrected chi connectivity index (χ2v) is 9.01. The molecule has 1 aliphatic heterocycles. The molecule has 0 radical (unpaired) electrons. The highest BCUT2D eigenvalue weighted by Crippen LogP contribution is 2.26. The van der Waals surface area contributed by atoms with Crippen LogP contribution in [0.15, 0.2) is 53.2 Å². The quantitative estimate of drug-likeness (QED) is 0.608. The maximum atomic E-state index is 12.6. The van der Waals surface area contributed by atoms with Crippen LogP contribution in [0.4, 0.5) is 5.69 Å². The second kappa shape index (κ2) is 8.31. The minimum Gasteiger partial charge on any atom is -0.351 e. The van der Waals surface area contributed by atoms with E-state index >= 15 is 0 Å². The van der Waals surface area contributed by atoms with Gasteiger partial charge < -0.3 is 10.2 Å². The zero-order valence-corrected chi connectivity index (χ0v) is 17.5. The number of rotatable bonds is 6. The molecule has 29 heavy (non-hydrogen) atoms. The van der Waals surface area contributed by atoms with E-state index in [2.05, 4.69) is 5.32 Å². The molecule has 1 aliphatic rings. The first-order valence-electron chi connectivity index (χ1n) is 9.31. The molecule has 7 heteroatoms. The van der Waals surface area contributed by atoms with E-state index in [1.54, 1.807) is 11.0 Å². The topological polar surface area (TPSA) is 66.5 Å². The molecule has 1 unspecified atom stereocenters. The molecule has 2 amide bonds. The van der Waals surface area contributed by atoms with Crippen molar-refractivity contribution in [1.82, 2.24) is 5.32 Å². The van der Waals surface area contributed by atoms with Crippen molar-refractivity contribution in [2.24, 2.45) is 5.92 Å². The number of nitrogens with one attached hydrogen (secondary N) is 1. The number of ketones is 1. The van der Waals surface area contributed by atoms with Gasteiger partial charge in [-0.15, -0.1) is 11.3 Å². The second-order valence-electron chi connectivity index (χ2n) is 7.07. The van der Waals surface area contributed by atoms with Crippen LogP contribution in [0.2, 0.25) is 0 Å². The van der Waals surface area contributed by atoms with Crippen molar-refractivity contribution >= 4 is 46.0 Å². The van der Waals surface area contributed by atoms with Crippen molar-refractivity contribution in [3.05, 3.63) is 74.1 Å². The number of hydrogen-bond donors (Lipinski definition) is 1. The number of aryl methyl sites for hydroxylation is 1. The molecule has 1 aromatic carbocycles. The normalized spacial score (nSPS) is 16.2. The number of nitrogens with zero attached hydrogens (tertiary/aromatic N) is 1. The molecule has 5 nitrogen and oxygen atoms in total. The van der Waals surface area contributed by atoms with Gasteiger partial charge in [0.1, 0.15) is 0 Å². The first-order chi connectivity index (χ1) is 14.0. The number of amides is 2. The summed E-state index contributed by atoms with van der Waals surface area (Å²) in [5.74, 6) is -0.527. The summed E-state index contributed by atoms with van der Waals surface area (Å²) < 4.78 is 0. The summed E-state index contributed by atoms with van der Waals surface area (Å²) in [7, 11) is 0. The summed E-state index contributed by atoms with van der Waals surface area (Å²) in [5.41, 5.74) is 2.64. The van der Waals surface area contributed by atoms with Crippen LogP contribution in [0.3, 0.4) is 0 Å². The van der Waals surface area contributed by atoms with Crippen LogP contribution in [0.1, 0.15) is 32.1 Å². The lowest BCUT2D eigenvalue weighted by Gasteiger charge is -2.16. The van der Waals surface area contributed by atoms with Crippen LogP contribution in [0.5, 0.6) is 0 Å². The number of hydrogen-bond acceptors (Lipinski definition) is 5. The summed E-state index contributed by atoms with van der Waals surface area (Å²) in [6.07, 6.45) is 0.214. The van der Waals surface area contributed by atoms with Crippen LogP contribution in [-0.4, -0.2) is 24.1 Å². The molecule has 148 valence electrons. The number of carbonyl (C=O) groups excluding carboxylic acids is 3. The van der Waals surface area contributed by atoms with Gasteiger partial charge in [0.2, 0.25) is 17.6 Å². The fourth-order valence-electron chi connectivity index (χ4n) is 3.31. The molecule has 1 fully saturated rings. The Morgan fingerprint density at radius 1 is 1.14 bits per heavy atom. The van der Waals surface area contributed by atoms with Crippen molar-refractivity contribution in [2.75, 3.05) is 11.4 Å². The molecule has 3 heterocycles. The van der Waals surface area contributed by atoms with E-state index in [1.165, 1.54) is 22.7 Å². The smallest absolute Gasteiger partial charge is 0.227 e. The summed E-state index contributed by atoms with van der Waals surface area (Å²) in [4.78, 5) is 40.6. The number of benzene rings is 1. The first kappa shape index (κ1) is 19.5. The zero-order valence-electron chi connectivity index (χ0n) is 15.9. The third-order valence-electron chi connectivity index (χ3n) is 4.95. The summed E-state index contributed by atoms with van der Waals surface area (Å²) in [6.45, 7) is 2.74. The third kappa shape index (κ3) is 4.31. The molecule has 1 saturated heterocycles. The fraction of sp³-hybridized carbons (Fsp3) is 0.227. The minimum absolute atomic E-state index is 0.00366. The summed E-state index contributed by atoms with van der Waals surface area (Å²) in [6, 6.07) is 13.2. The van der Waals surface area contributed by atoms with E-state index < -0.39 is 0 Å². The molecule has 0 spiro atoms. The predicted molar refractivity (Wildman–Crippen MR) is 116 cm³/mol. The van der Waals surface area contributed by atoms with Gasteiger partial charge >= 0.3 is 0 Å². The third-order valence-corrected chi connectivity index (χ3v) is 6.71. The van der Waals surface area contributed by atoms with Crippen LogP contribution in [0.25, 0.3) is 0 Å². The molecular formula is C22H20N2O3S2. The van der Waals surface area contributed by atoms with Crippen molar-refractivity contribution in [2.45, 2.75) is 19.9 Å². The lowest BCUT2D eigenvalue weighted by atomic mass is 10.1. The van der Waals surface area contributed by atoms with Crippen LogP contribution in [0, 0.1) is 12.8 Å². The van der Waals surface area contributed by atoms with Gasteiger partial charge in [-0.2, -0.15) is 11.3 Å². The van der Waals surface area contributed by atoms with E-state index in [4.69, 9.17) is 0 Å². The van der Waals surface area contributed by atoms with Crippen molar-refractivity contribution in [1.29, 1.82) is 0 Å². The van der Waals surface area contributed by atoms with E-state index in [0.717, 1.165) is 16.1 Å². The Morgan fingerprint density at radius 3 is 2.66 bits per heavy atom. The Morgan fingerprint density at radius 2 is 1.93 bits per heavy atom. The monoisotopic (exact) mass is 424 g/mol. The highest BCUT2D eigenvalue weighted by molar-refractivity contribution is 7.14. The van der Waals surface area contributed by atoms with Gasteiger partial charge in [0.05, 0.1) is 17.3 Å². The number of carbonyl (C=O) groups is 3. The summed E-state index contributed by atoms with van der Waals surface area (Å²) >= 11 is 2.88. The molecule has 3 aromatic rings. The lowest BCUT2D eigenvalue weighted by molar-refractivity contribution is -0.126. The molecular weight excluding hydrogens is 404 g/mol. The van der Waals surface area contributed by atoms with E-state index in [9.17, 15) is 14.4 Å². The van der Waals surface area contributed by atoms with E-state index in [-0.39, 0.29) is 29.9 Å². The standard InChI is InChI=1S/C22H20N2O3S2/c1-14-2-4-17(5-3-14)24-12-16(10-20(24)25)22(27)23-11-18-6-7-19(29-18)21(26)15-8-9-28-13-15/h2-9,13,16H,10-12H2,1H3,(H,23,27). The van der Waals surface area contributed by atoms with Crippen LogP contribution < -0.4 is 10.2 Å². The fourth-order valence-corrected chi connectivity index (χ4v) is 4.85. The maximum Gasteiger partial charge on any atom is 0.227 e. The van der Waals surface area contributed by atoms with Crippen molar-refractivity contribution in [3.8, 4) is 0 Å². The Labute approximate surface area is 177 Å². The van der Waals surface area contributed by atoms with Gasteiger partial charge in [0.15, 0.2) is 0 Å². The minimum atomic E-state index is -0.365. The van der Waals surface area contributed by atoms with E-state index in [0.29, 0.717) is 23.5 Å². The molecule has 4 rings (SSSR count). The Balaban J connectivity index is 1.34. The number of thiophene rings is 2. The Kier molecular flexibility index (Phi) is 5.60. The zero-order chi connectivity index (χ0) is 20.4. The highest BCUT2D eigenvalue weighted by atomic mass is 32.1. The molecule has 2 aromatic heterocycles. The maximum absolute atomic E-state index is 12.6. The SMILES string of the molecule is Cc1ccc(N2CC(C(=O)NCc3ccc(C(=O)c4ccsc4)s3)CC2=O)cc1. The molecule has 1 N–H and O–H groups in total. The van der Waals surface area contributed by atoms with Crippen molar-refractivity contribution < 1.29 is 14.4 Å². The Bertz CT molecular complexity index is 1040. The van der Waals surface area contributed by atoms with Gasteiger partial charge in [-0.1, -0.05) is 17.7 Å². The Hall–Kier alpha value is -2.77. The molecule has 0 saturated carbocycles. The highest BCUT2D eigenvalue weighted by Gasteiger charge is 2.35. The number of anilines is 1. The molecule has 1 atom stereocenters. The van der Waals surface area contributed by atoms with Gasteiger partial charge in [-0.3, -0.25) is 14.4 Å². The first-order valence-corrected chi connectivity index (χ1v) is 11.1. The van der Waals surface area contributed by atoms with E-state index in [1.807, 2.05) is 54.1 Å². The van der Waals surface area contributed by atoms with Gasteiger partial charge in [-0.25, -0.2) is 0 Å². The average molecular weight is 425 g/mol. The average Bonchev–Trinajstić information content (AvgIpc) is 3.47. The molecule has 0 aliphatic carbocycles.